The van der Waals surface area contributed by atoms with Crippen molar-refractivity contribution >= 4 is 17.9 Å². The Labute approximate surface area is 166 Å². The SMILES string of the molecule is COc1cccc(/C=C/C(=O)NNC(=O)COc2ccccc2C)c1OC(F)F. The zero-order valence-corrected chi connectivity index (χ0v) is 15.8. The zero-order chi connectivity index (χ0) is 21.2. The number of carbonyl (C=O) groups is 2. The van der Waals surface area contributed by atoms with Gasteiger partial charge in [-0.25, -0.2) is 0 Å². The second-order valence-corrected chi connectivity index (χ2v) is 5.68. The number of ether oxygens (including phenoxy) is 3. The number of aryl methyl sites for hydroxylation is 1. The predicted molar refractivity (Wildman–Crippen MR) is 102 cm³/mol. The summed E-state index contributed by atoms with van der Waals surface area (Å²) in [5.74, 6) is -0.809. The highest BCUT2D eigenvalue weighted by Gasteiger charge is 2.14. The first kappa shape index (κ1) is 21.7. The van der Waals surface area contributed by atoms with Gasteiger partial charge in [0.25, 0.3) is 11.8 Å². The van der Waals surface area contributed by atoms with Crippen LogP contribution in [-0.4, -0.2) is 32.1 Å². The number of alkyl halides is 2. The van der Waals surface area contributed by atoms with Crippen LogP contribution in [0.5, 0.6) is 17.2 Å². The summed E-state index contributed by atoms with van der Waals surface area (Å²) in [5, 5.41) is 0. The number of rotatable bonds is 8. The molecule has 0 aliphatic rings. The molecule has 0 aliphatic carbocycles. The Bertz CT molecular complexity index is 887. The van der Waals surface area contributed by atoms with Gasteiger partial charge in [-0.05, 0) is 30.7 Å². The Kier molecular flexibility index (Phi) is 7.96. The van der Waals surface area contributed by atoms with Crippen molar-refractivity contribution in [2.24, 2.45) is 0 Å². The van der Waals surface area contributed by atoms with Gasteiger partial charge in [-0.15, -0.1) is 0 Å². The molecule has 0 saturated heterocycles. The van der Waals surface area contributed by atoms with Gasteiger partial charge in [-0.1, -0.05) is 30.3 Å². The van der Waals surface area contributed by atoms with E-state index in [9.17, 15) is 18.4 Å². The maximum Gasteiger partial charge on any atom is 0.387 e. The van der Waals surface area contributed by atoms with Crippen LogP contribution in [0.3, 0.4) is 0 Å². The van der Waals surface area contributed by atoms with Gasteiger partial charge in [0.05, 0.1) is 7.11 Å². The lowest BCUT2D eigenvalue weighted by molar-refractivity contribution is -0.128. The third kappa shape index (κ3) is 6.80. The molecule has 2 aromatic carbocycles. The van der Waals surface area contributed by atoms with E-state index in [1.54, 1.807) is 18.2 Å². The maximum atomic E-state index is 12.6. The van der Waals surface area contributed by atoms with Crippen molar-refractivity contribution in [3.63, 3.8) is 0 Å². The molecule has 7 nitrogen and oxygen atoms in total. The van der Waals surface area contributed by atoms with Crippen LogP contribution >= 0.6 is 0 Å². The average Bonchev–Trinajstić information content (AvgIpc) is 2.70. The Morgan fingerprint density at radius 3 is 2.48 bits per heavy atom. The smallest absolute Gasteiger partial charge is 0.387 e. The van der Waals surface area contributed by atoms with Crippen molar-refractivity contribution in [2.75, 3.05) is 13.7 Å². The van der Waals surface area contributed by atoms with E-state index in [1.807, 2.05) is 19.1 Å². The number of hydrogen-bond donors (Lipinski definition) is 2. The van der Waals surface area contributed by atoms with Crippen LogP contribution in [-0.2, 0) is 9.59 Å². The lowest BCUT2D eigenvalue weighted by atomic mass is 10.1. The Morgan fingerprint density at radius 1 is 1.07 bits per heavy atom. The lowest BCUT2D eigenvalue weighted by Crippen LogP contribution is -2.43. The van der Waals surface area contributed by atoms with Crippen LogP contribution in [0.4, 0.5) is 8.78 Å². The predicted octanol–water partition coefficient (Wildman–Crippen LogP) is 2.84. The molecule has 0 heterocycles. The molecule has 0 fully saturated rings. The number of halogens is 2. The summed E-state index contributed by atoms with van der Waals surface area (Å²) in [6.07, 6.45) is 2.31. The van der Waals surface area contributed by atoms with E-state index >= 15 is 0 Å². The third-order valence-corrected chi connectivity index (χ3v) is 3.63. The van der Waals surface area contributed by atoms with E-state index in [0.29, 0.717) is 5.75 Å². The van der Waals surface area contributed by atoms with Crippen molar-refractivity contribution in [1.29, 1.82) is 0 Å². The largest absolute Gasteiger partial charge is 0.493 e. The summed E-state index contributed by atoms with van der Waals surface area (Å²) in [5.41, 5.74) is 5.42. The molecule has 0 saturated carbocycles. The van der Waals surface area contributed by atoms with Crippen molar-refractivity contribution < 1.29 is 32.6 Å². The van der Waals surface area contributed by atoms with Crippen molar-refractivity contribution in [3.8, 4) is 17.2 Å². The standard InChI is InChI=1S/C20H20F2N2O5/c1-13-6-3-4-8-15(13)28-12-18(26)24-23-17(25)11-10-14-7-5-9-16(27-2)19(14)29-20(21)22/h3-11,20H,12H2,1-2H3,(H,23,25)(H,24,26)/b11-10+. The summed E-state index contributed by atoms with van der Waals surface area (Å²) in [4.78, 5) is 23.6. The molecule has 0 atom stereocenters. The number of benzene rings is 2. The van der Waals surface area contributed by atoms with Crippen LogP contribution in [0, 0.1) is 6.92 Å². The molecular formula is C20H20F2N2O5. The normalized spacial score (nSPS) is 10.7. The van der Waals surface area contributed by atoms with Gasteiger partial charge in [0.1, 0.15) is 5.75 Å². The molecule has 0 aliphatic heterocycles. The maximum absolute atomic E-state index is 12.6. The highest BCUT2D eigenvalue weighted by atomic mass is 19.3. The molecule has 0 bridgehead atoms. The summed E-state index contributed by atoms with van der Waals surface area (Å²) in [7, 11) is 1.31. The molecule has 0 unspecified atom stereocenters. The number of amides is 2. The van der Waals surface area contributed by atoms with Crippen molar-refractivity contribution in [2.45, 2.75) is 13.5 Å². The molecule has 0 aromatic heterocycles. The molecule has 29 heavy (non-hydrogen) atoms. The van der Waals surface area contributed by atoms with Crippen LogP contribution in [0.2, 0.25) is 0 Å². The highest BCUT2D eigenvalue weighted by molar-refractivity contribution is 5.93. The first-order valence-corrected chi connectivity index (χ1v) is 8.48. The van der Waals surface area contributed by atoms with E-state index in [0.717, 1.165) is 11.6 Å². The fourth-order valence-corrected chi connectivity index (χ4v) is 2.28. The first-order valence-electron chi connectivity index (χ1n) is 8.48. The number of nitrogens with one attached hydrogen (secondary N) is 2. The van der Waals surface area contributed by atoms with E-state index < -0.39 is 18.4 Å². The van der Waals surface area contributed by atoms with Crippen LogP contribution in [0.15, 0.2) is 48.5 Å². The van der Waals surface area contributed by atoms with Gasteiger partial charge in [0.15, 0.2) is 18.1 Å². The van der Waals surface area contributed by atoms with Gasteiger partial charge < -0.3 is 14.2 Å². The van der Waals surface area contributed by atoms with Gasteiger partial charge in [-0.3, -0.25) is 20.4 Å². The lowest BCUT2D eigenvalue weighted by Gasteiger charge is -2.12. The monoisotopic (exact) mass is 406 g/mol. The minimum absolute atomic E-state index is 0.0921. The van der Waals surface area contributed by atoms with Gasteiger partial charge >= 0.3 is 6.61 Å². The quantitative estimate of drug-likeness (QED) is 0.520. The summed E-state index contributed by atoms with van der Waals surface area (Å²) in [6.45, 7) is -1.51. The first-order chi connectivity index (χ1) is 13.9. The molecular weight excluding hydrogens is 386 g/mol. The fourth-order valence-electron chi connectivity index (χ4n) is 2.28. The van der Waals surface area contributed by atoms with Crippen LogP contribution in [0.1, 0.15) is 11.1 Å². The minimum Gasteiger partial charge on any atom is -0.493 e. The summed E-state index contributed by atoms with van der Waals surface area (Å²) in [6, 6.07) is 11.6. The summed E-state index contributed by atoms with van der Waals surface area (Å²) >= 11 is 0. The molecule has 0 spiro atoms. The number of hydrazine groups is 1. The second-order valence-electron chi connectivity index (χ2n) is 5.68. The fraction of sp³-hybridized carbons (Fsp3) is 0.200. The molecule has 0 radical (unpaired) electrons. The second kappa shape index (κ2) is 10.6. The minimum atomic E-state index is -3.06. The van der Waals surface area contributed by atoms with E-state index in [2.05, 4.69) is 15.6 Å². The molecule has 154 valence electrons. The van der Waals surface area contributed by atoms with Crippen LogP contribution < -0.4 is 25.1 Å². The molecule has 2 aromatic rings. The number of methoxy groups -OCH3 is 1. The van der Waals surface area contributed by atoms with Crippen LogP contribution in [0.25, 0.3) is 6.08 Å². The molecule has 2 N–H and O–H groups in total. The number of para-hydroxylation sites is 2. The van der Waals surface area contributed by atoms with Crippen molar-refractivity contribution in [3.05, 3.63) is 59.7 Å². The molecule has 9 heteroatoms. The Balaban J connectivity index is 1.89. The van der Waals surface area contributed by atoms with Crippen molar-refractivity contribution in [1.82, 2.24) is 10.9 Å². The number of carbonyl (C=O) groups excluding carboxylic acids is 2. The third-order valence-electron chi connectivity index (χ3n) is 3.63. The Hall–Kier alpha value is -3.62. The van der Waals surface area contributed by atoms with E-state index in [-0.39, 0.29) is 23.7 Å². The number of hydrogen-bond acceptors (Lipinski definition) is 5. The van der Waals surface area contributed by atoms with E-state index in [1.165, 1.54) is 25.3 Å². The van der Waals surface area contributed by atoms with Gasteiger partial charge in [-0.2, -0.15) is 8.78 Å². The van der Waals surface area contributed by atoms with E-state index in [4.69, 9.17) is 9.47 Å². The average molecular weight is 406 g/mol. The summed E-state index contributed by atoms with van der Waals surface area (Å²) < 4.78 is 40.0. The highest BCUT2D eigenvalue weighted by Crippen LogP contribution is 2.33. The van der Waals surface area contributed by atoms with Gasteiger partial charge in [0.2, 0.25) is 0 Å². The van der Waals surface area contributed by atoms with Gasteiger partial charge in [0, 0.05) is 11.6 Å². The molecule has 2 amide bonds. The zero-order valence-electron chi connectivity index (χ0n) is 15.8. The Morgan fingerprint density at radius 2 is 1.79 bits per heavy atom. The molecule has 2 rings (SSSR count). The topological polar surface area (TPSA) is 85.9 Å².